The van der Waals surface area contributed by atoms with Crippen LogP contribution in [0, 0.1) is 5.92 Å². The Morgan fingerprint density at radius 1 is 1.41 bits per heavy atom. The maximum absolute atomic E-state index is 12.3. The molecule has 0 spiro atoms. The molecule has 0 radical (unpaired) electrons. The van der Waals surface area contributed by atoms with Gasteiger partial charge in [-0.3, -0.25) is 4.79 Å². The highest BCUT2D eigenvalue weighted by Gasteiger charge is 2.28. The number of H-pyrrole nitrogens is 1. The summed E-state index contributed by atoms with van der Waals surface area (Å²) in [4.78, 5) is 17.1. The Bertz CT molecular complexity index is 353. The second-order valence-corrected chi connectivity index (χ2v) is 4.79. The number of anilines is 1. The molecule has 4 heteroatoms. The Labute approximate surface area is 102 Å². The first kappa shape index (κ1) is 12.2. The Morgan fingerprint density at radius 3 is 2.65 bits per heavy atom. The van der Waals surface area contributed by atoms with Gasteiger partial charge in [-0.05, 0) is 44.9 Å². The summed E-state index contributed by atoms with van der Waals surface area (Å²) in [7, 11) is 3.84. The second-order valence-electron chi connectivity index (χ2n) is 4.79. The van der Waals surface area contributed by atoms with Crippen molar-refractivity contribution in [1.29, 1.82) is 0 Å². The van der Waals surface area contributed by atoms with E-state index in [1.165, 1.54) is 0 Å². The average Bonchev–Trinajstić information content (AvgIpc) is 2.91. The lowest BCUT2D eigenvalue weighted by molar-refractivity contribution is -0.123. The molecule has 4 nitrogen and oxygen atoms in total. The molecule has 1 heterocycles. The van der Waals surface area contributed by atoms with Crippen molar-refractivity contribution in [2.75, 3.05) is 19.0 Å². The zero-order valence-corrected chi connectivity index (χ0v) is 10.6. The van der Waals surface area contributed by atoms with Gasteiger partial charge in [-0.25, -0.2) is 0 Å². The first-order chi connectivity index (χ1) is 8.22. The van der Waals surface area contributed by atoms with E-state index in [4.69, 9.17) is 0 Å². The van der Waals surface area contributed by atoms with Crippen molar-refractivity contribution in [3.8, 4) is 0 Å². The van der Waals surface area contributed by atoms with Gasteiger partial charge in [0, 0.05) is 25.2 Å². The van der Waals surface area contributed by atoms with Crippen molar-refractivity contribution >= 4 is 11.7 Å². The summed E-state index contributed by atoms with van der Waals surface area (Å²) in [5.41, 5.74) is 0. The number of carbonyl (C=O) groups excluding carboxylic acids is 1. The molecule has 1 aromatic rings. The van der Waals surface area contributed by atoms with Crippen LogP contribution in [0.1, 0.15) is 25.7 Å². The van der Waals surface area contributed by atoms with Crippen LogP contribution in [0.5, 0.6) is 0 Å². The summed E-state index contributed by atoms with van der Waals surface area (Å²) < 4.78 is 0. The topological polar surface area (TPSA) is 48.1 Å². The molecule has 1 aliphatic carbocycles. The molecule has 1 saturated carbocycles. The second kappa shape index (κ2) is 5.36. The van der Waals surface area contributed by atoms with Gasteiger partial charge in [0.25, 0.3) is 0 Å². The summed E-state index contributed by atoms with van der Waals surface area (Å²) in [6.07, 6.45) is 6.04. The third kappa shape index (κ3) is 2.69. The van der Waals surface area contributed by atoms with Crippen molar-refractivity contribution in [3.05, 3.63) is 18.3 Å². The van der Waals surface area contributed by atoms with Crippen LogP contribution in [-0.4, -0.2) is 31.0 Å². The van der Waals surface area contributed by atoms with E-state index in [1.54, 1.807) is 4.90 Å². The molecule has 0 bridgehead atoms. The van der Waals surface area contributed by atoms with Gasteiger partial charge in [-0.15, -0.1) is 0 Å². The Morgan fingerprint density at radius 2 is 2.12 bits per heavy atom. The molecule has 1 aliphatic rings. The van der Waals surface area contributed by atoms with E-state index in [9.17, 15) is 4.79 Å². The minimum absolute atomic E-state index is 0.188. The van der Waals surface area contributed by atoms with Gasteiger partial charge in [-0.1, -0.05) is 0 Å². The number of hydrogen-bond donors (Lipinski definition) is 2. The van der Waals surface area contributed by atoms with Crippen molar-refractivity contribution in [2.45, 2.75) is 31.7 Å². The lowest BCUT2D eigenvalue weighted by Crippen LogP contribution is -2.38. The molecular formula is C13H21N3O. The van der Waals surface area contributed by atoms with Gasteiger partial charge < -0.3 is 15.2 Å². The molecule has 1 amide bonds. The largest absolute Gasteiger partial charge is 0.348 e. The standard InChI is InChI=1S/C13H21N3O/c1-14-11-7-5-10(6-8-11)13(17)16(2)12-4-3-9-15-12/h3-4,9-11,14-15H,5-8H2,1-2H3. The highest BCUT2D eigenvalue weighted by Crippen LogP contribution is 2.26. The first-order valence-corrected chi connectivity index (χ1v) is 6.30. The fourth-order valence-corrected chi connectivity index (χ4v) is 2.55. The number of nitrogens with one attached hydrogen (secondary N) is 2. The van der Waals surface area contributed by atoms with Gasteiger partial charge in [0.1, 0.15) is 5.82 Å². The van der Waals surface area contributed by atoms with E-state index in [-0.39, 0.29) is 11.8 Å². The number of rotatable bonds is 3. The molecule has 1 fully saturated rings. The average molecular weight is 235 g/mol. The number of aromatic nitrogens is 1. The number of hydrogen-bond acceptors (Lipinski definition) is 2. The van der Waals surface area contributed by atoms with Crippen molar-refractivity contribution in [1.82, 2.24) is 10.3 Å². The Hall–Kier alpha value is -1.29. The monoisotopic (exact) mass is 235 g/mol. The molecule has 94 valence electrons. The minimum atomic E-state index is 0.188. The van der Waals surface area contributed by atoms with E-state index >= 15 is 0 Å². The summed E-state index contributed by atoms with van der Waals surface area (Å²) >= 11 is 0. The van der Waals surface area contributed by atoms with E-state index in [1.807, 2.05) is 32.4 Å². The molecule has 2 N–H and O–H groups in total. The maximum atomic E-state index is 12.3. The van der Waals surface area contributed by atoms with E-state index in [0.29, 0.717) is 6.04 Å². The molecule has 2 rings (SSSR count). The molecule has 0 aliphatic heterocycles. The van der Waals surface area contributed by atoms with Crippen molar-refractivity contribution in [3.63, 3.8) is 0 Å². The zero-order valence-electron chi connectivity index (χ0n) is 10.6. The van der Waals surface area contributed by atoms with E-state index < -0.39 is 0 Å². The predicted molar refractivity (Wildman–Crippen MR) is 69.0 cm³/mol. The van der Waals surface area contributed by atoms with Crippen LogP contribution in [0.2, 0.25) is 0 Å². The SMILES string of the molecule is CNC1CCC(C(=O)N(C)c2ccc[nH]2)CC1. The van der Waals surface area contributed by atoms with E-state index in [0.717, 1.165) is 31.5 Å². The summed E-state index contributed by atoms with van der Waals surface area (Å²) in [5, 5.41) is 3.29. The highest BCUT2D eigenvalue weighted by molar-refractivity contribution is 5.93. The zero-order chi connectivity index (χ0) is 12.3. The normalized spacial score (nSPS) is 24.6. The van der Waals surface area contributed by atoms with Gasteiger partial charge in [0.2, 0.25) is 5.91 Å². The molecule has 17 heavy (non-hydrogen) atoms. The third-order valence-electron chi connectivity index (χ3n) is 3.76. The molecule has 0 saturated heterocycles. The summed E-state index contributed by atoms with van der Waals surface area (Å²) in [5.74, 6) is 1.31. The molecule has 0 atom stereocenters. The first-order valence-electron chi connectivity index (χ1n) is 6.30. The lowest BCUT2D eigenvalue weighted by atomic mass is 9.85. The lowest BCUT2D eigenvalue weighted by Gasteiger charge is -2.29. The van der Waals surface area contributed by atoms with Gasteiger partial charge in [-0.2, -0.15) is 0 Å². The third-order valence-corrected chi connectivity index (χ3v) is 3.76. The van der Waals surface area contributed by atoms with Crippen LogP contribution in [0.15, 0.2) is 18.3 Å². The van der Waals surface area contributed by atoms with Gasteiger partial charge in [0.05, 0.1) is 0 Å². The summed E-state index contributed by atoms with van der Waals surface area (Å²) in [6.45, 7) is 0. The Kier molecular flexibility index (Phi) is 3.84. The van der Waals surface area contributed by atoms with Crippen molar-refractivity contribution in [2.24, 2.45) is 5.92 Å². The molecule has 0 unspecified atom stereocenters. The molecule has 1 aromatic heterocycles. The van der Waals surface area contributed by atoms with Crippen LogP contribution in [0.4, 0.5) is 5.82 Å². The van der Waals surface area contributed by atoms with Crippen LogP contribution < -0.4 is 10.2 Å². The van der Waals surface area contributed by atoms with Gasteiger partial charge >= 0.3 is 0 Å². The van der Waals surface area contributed by atoms with Crippen LogP contribution in [0.3, 0.4) is 0 Å². The fraction of sp³-hybridized carbons (Fsp3) is 0.615. The highest BCUT2D eigenvalue weighted by atomic mass is 16.2. The van der Waals surface area contributed by atoms with Crippen LogP contribution in [0.25, 0.3) is 0 Å². The molecular weight excluding hydrogens is 214 g/mol. The summed E-state index contributed by atoms with van der Waals surface area (Å²) in [6, 6.07) is 4.43. The van der Waals surface area contributed by atoms with Crippen molar-refractivity contribution < 1.29 is 4.79 Å². The smallest absolute Gasteiger partial charge is 0.230 e. The van der Waals surface area contributed by atoms with Gasteiger partial charge in [0.15, 0.2) is 0 Å². The van der Waals surface area contributed by atoms with E-state index in [2.05, 4.69) is 10.3 Å². The van der Waals surface area contributed by atoms with Crippen LogP contribution in [-0.2, 0) is 4.79 Å². The van der Waals surface area contributed by atoms with Crippen LogP contribution >= 0.6 is 0 Å². The maximum Gasteiger partial charge on any atom is 0.230 e. The predicted octanol–water partition coefficient (Wildman–Crippen LogP) is 1.76. The Balaban J connectivity index is 1.93. The molecule has 0 aromatic carbocycles. The minimum Gasteiger partial charge on any atom is -0.348 e. The quantitative estimate of drug-likeness (QED) is 0.838. The number of amides is 1. The number of nitrogens with zero attached hydrogens (tertiary/aromatic N) is 1. The number of aromatic amines is 1. The number of carbonyl (C=O) groups is 1. The fourth-order valence-electron chi connectivity index (χ4n) is 2.55.